The maximum Gasteiger partial charge on any atom is 0.163 e. The number of nitrogens with one attached hydrogen (secondary N) is 1. The van der Waals surface area contributed by atoms with Gasteiger partial charge in [0.25, 0.3) is 0 Å². The van der Waals surface area contributed by atoms with Crippen molar-refractivity contribution in [1.82, 2.24) is 4.57 Å². The second-order valence-electron chi connectivity index (χ2n) is 11.1. The fourth-order valence-corrected chi connectivity index (χ4v) is 6.49. The van der Waals surface area contributed by atoms with E-state index in [0.717, 1.165) is 38.6 Å². The first-order chi connectivity index (χ1) is 21.8. The Balaban J connectivity index is 1.27. The number of para-hydroxylation sites is 2. The van der Waals surface area contributed by atoms with Crippen LogP contribution in [0.5, 0.6) is 0 Å². The minimum absolute atomic E-state index is 0.169. The van der Waals surface area contributed by atoms with Gasteiger partial charge in [-0.15, -0.1) is 0 Å². The predicted molar refractivity (Wildman–Crippen MR) is 183 cm³/mol. The maximum absolute atomic E-state index is 8.70. The summed E-state index contributed by atoms with van der Waals surface area (Å²) in [6.07, 6.45) is 10.8. The van der Waals surface area contributed by atoms with Gasteiger partial charge < -0.3 is 4.90 Å². The number of rotatable bonds is 4. The Labute approximate surface area is 256 Å². The molecule has 44 heavy (non-hydrogen) atoms. The first kappa shape index (κ1) is 25.9. The van der Waals surface area contributed by atoms with Crippen LogP contribution in [0.2, 0.25) is 0 Å². The van der Waals surface area contributed by atoms with Gasteiger partial charge in [0.2, 0.25) is 0 Å². The van der Waals surface area contributed by atoms with E-state index >= 15 is 0 Å². The summed E-state index contributed by atoms with van der Waals surface area (Å²) in [5.41, 5.74) is 7.45. The highest BCUT2D eigenvalue weighted by Gasteiger charge is 2.37. The molecule has 0 spiro atoms. The van der Waals surface area contributed by atoms with Crippen LogP contribution in [0.15, 0.2) is 162 Å². The fourth-order valence-electron chi connectivity index (χ4n) is 6.49. The van der Waals surface area contributed by atoms with Gasteiger partial charge in [0.1, 0.15) is 6.34 Å². The Morgan fingerprint density at radius 2 is 1.34 bits per heavy atom. The zero-order valence-corrected chi connectivity index (χ0v) is 24.0. The molecule has 5 nitrogen and oxygen atoms in total. The topological polar surface area (TPSA) is 56.7 Å². The van der Waals surface area contributed by atoms with Crippen molar-refractivity contribution in [2.45, 2.75) is 12.0 Å². The van der Waals surface area contributed by atoms with Gasteiger partial charge in [-0.05, 0) is 29.8 Å². The molecule has 1 aromatic heterocycles. The van der Waals surface area contributed by atoms with Gasteiger partial charge in [0.05, 0.1) is 17.1 Å². The van der Waals surface area contributed by atoms with Crippen LogP contribution in [0.25, 0.3) is 21.8 Å². The SMILES string of the molecule is N=C(N=C(N=Cn1c2ccccc2c2ccc(N3c4ccccc4C4C=CC=CC43)cc21)c1ccccc1)c1ccccc1. The number of aromatic nitrogens is 1. The zero-order valence-electron chi connectivity index (χ0n) is 24.0. The lowest BCUT2D eigenvalue weighted by Gasteiger charge is -2.28. The number of allylic oxidation sites excluding steroid dienone is 2. The monoisotopic (exact) mass is 567 g/mol. The lowest BCUT2D eigenvalue weighted by Crippen LogP contribution is -2.28. The summed E-state index contributed by atoms with van der Waals surface area (Å²) in [4.78, 5) is 12.1. The van der Waals surface area contributed by atoms with Crippen LogP contribution >= 0.6 is 0 Å². The van der Waals surface area contributed by atoms with Gasteiger partial charge in [-0.1, -0.05) is 127 Å². The van der Waals surface area contributed by atoms with Gasteiger partial charge >= 0.3 is 0 Å². The molecule has 2 unspecified atom stereocenters. The molecule has 5 heteroatoms. The minimum atomic E-state index is 0.169. The summed E-state index contributed by atoms with van der Waals surface area (Å²) in [6, 6.07) is 43.5. The smallest absolute Gasteiger partial charge is 0.163 e. The molecule has 2 heterocycles. The Morgan fingerprint density at radius 3 is 2.18 bits per heavy atom. The highest BCUT2D eigenvalue weighted by atomic mass is 15.2. The summed E-state index contributed by atoms with van der Waals surface area (Å²) < 4.78 is 2.15. The van der Waals surface area contributed by atoms with Gasteiger partial charge in [0.15, 0.2) is 11.7 Å². The molecule has 5 aromatic carbocycles. The van der Waals surface area contributed by atoms with Crippen LogP contribution in [-0.2, 0) is 0 Å². The number of hydrogen-bond acceptors (Lipinski definition) is 2. The Kier molecular flexibility index (Phi) is 6.34. The summed E-state index contributed by atoms with van der Waals surface area (Å²) >= 11 is 0. The van der Waals surface area contributed by atoms with E-state index in [0.29, 0.717) is 11.8 Å². The predicted octanol–water partition coefficient (Wildman–Crippen LogP) is 8.87. The lowest BCUT2D eigenvalue weighted by molar-refractivity contribution is 0.745. The van der Waals surface area contributed by atoms with Gasteiger partial charge in [-0.25, -0.2) is 9.98 Å². The van der Waals surface area contributed by atoms with Crippen LogP contribution in [-0.4, -0.2) is 28.6 Å². The average Bonchev–Trinajstić information content (AvgIpc) is 3.59. The summed E-state index contributed by atoms with van der Waals surface area (Å²) in [5, 5.41) is 11.0. The molecule has 2 aliphatic rings. The molecule has 0 fully saturated rings. The van der Waals surface area contributed by atoms with Gasteiger partial charge in [0, 0.05) is 39.2 Å². The third kappa shape index (κ3) is 4.38. The molecule has 0 saturated carbocycles. The van der Waals surface area contributed by atoms with Crippen molar-refractivity contribution in [3.63, 3.8) is 0 Å². The van der Waals surface area contributed by atoms with E-state index in [1.54, 1.807) is 0 Å². The highest BCUT2D eigenvalue weighted by molar-refractivity contribution is 6.15. The first-order valence-electron chi connectivity index (χ1n) is 14.8. The normalized spacial score (nSPS) is 17.5. The Bertz CT molecular complexity index is 2150. The molecular formula is C39H29N5. The zero-order chi connectivity index (χ0) is 29.5. The van der Waals surface area contributed by atoms with Crippen molar-refractivity contribution in [2.24, 2.45) is 9.98 Å². The molecule has 0 radical (unpaired) electrons. The maximum atomic E-state index is 8.70. The van der Waals surface area contributed by atoms with Crippen LogP contribution < -0.4 is 4.90 Å². The van der Waals surface area contributed by atoms with Crippen LogP contribution in [0.4, 0.5) is 11.4 Å². The number of benzene rings is 5. The third-order valence-corrected chi connectivity index (χ3v) is 8.52. The van der Waals surface area contributed by atoms with Gasteiger partial charge in [-0.2, -0.15) is 0 Å². The van der Waals surface area contributed by atoms with Crippen LogP contribution in [0.1, 0.15) is 22.6 Å². The molecule has 6 aromatic rings. The van der Waals surface area contributed by atoms with E-state index in [9.17, 15) is 0 Å². The summed E-state index contributed by atoms with van der Waals surface area (Å²) in [5.74, 6) is 0.976. The van der Waals surface area contributed by atoms with E-state index in [2.05, 4.69) is 101 Å². The molecule has 0 amide bonds. The largest absolute Gasteiger partial charge is 0.333 e. The lowest BCUT2D eigenvalue weighted by atomic mass is 9.91. The molecule has 210 valence electrons. The summed E-state index contributed by atoms with van der Waals surface area (Å²) in [6.45, 7) is 0. The molecular weight excluding hydrogens is 538 g/mol. The number of aliphatic imine (C=N–C) groups is 2. The highest BCUT2D eigenvalue weighted by Crippen LogP contribution is 2.48. The van der Waals surface area contributed by atoms with Gasteiger partial charge in [-0.3, -0.25) is 9.98 Å². The number of anilines is 2. The standard InChI is InChI=1S/C39H29N5/c40-38(27-13-3-1-4-14-27)42-39(28-15-5-2-6-16-28)41-26-43-34-20-10-7-17-30(34)33-24-23-29(25-37(33)43)44-35-21-11-8-18-31(35)32-19-9-12-22-36(32)44/h1-26,31,35,40H. The molecule has 1 aliphatic heterocycles. The van der Waals surface area contributed by atoms with Crippen molar-refractivity contribution in [3.8, 4) is 0 Å². The fraction of sp³-hybridized carbons (Fsp3) is 0.0513. The van der Waals surface area contributed by atoms with Crippen molar-refractivity contribution >= 4 is 51.2 Å². The minimum Gasteiger partial charge on any atom is -0.333 e. The van der Waals surface area contributed by atoms with E-state index in [4.69, 9.17) is 15.4 Å². The van der Waals surface area contributed by atoms with E-state index in [1.165, 1.54) is 11.3 Å². The average molecular weight is 568 g/mol. The van der Waals surface area contributed by atoms with Crippen LogP contribution in [0.3, 0.4) is 0 Å². The molecule has 2 atom stereocenters. The molecule has 1 N–H and O–H groups in total. The number of hydrogen-bond donors (Lipinski definition) is 1. The van der Waals surface area contributed by atoms with Crippen molar-refractivity contribution in [1.29, 1.82) is 5.41 Å². The van der Waals surface area contributed by atoms with E-state index in [1.807, 2.05) is 67.0 Å². The Morgan fingerprint density at radius 1 is 0.659 bits per heavy atom. The van der Waals surface area contributed by atoms with E-state index < -0.39 is 0 Å². The van der Waals surface area contributed by atoms with Crippen molar-refractivity contribution < 1.29 is 0 Å². The van der Waals surface area contributed by atoms with Crippen molar-refractivity contribution in [2.75, 3.05) is 4.90 Å². The summed E-state index contributed by atoms with van der Waals surface area (Å²) in [7, 11) is 0. The number of fused-ring (bicyclic) bond motifs is 6. The third-order valence-electron chi connectivity index (χ3n) is 8.52. The Hall–Kier alpha value is -5.81. The number of amidine groups is 2. The van der Waals surface area contributed by atoms with Crippen molar-refractivity contribution in [3.05, 3.63) is 168 Å². The second-order valence-corrected chi connectivity index (χ2v) is 11.1. The number of nitrogens with zero attached hydrogens (tertiary/aromatic N) is 4. The molecule has 1 aliphatic carbocycles. The quantitative estimate of drug-likeness (QED) is 0.168. The molecule has 0 bridgehead atoms. The molecule has 8 rings (SSSR count). The van der Waals surface area contributed by atoms with E-state index in [-0.39, 0.29) is 11.9 Å². The molecule has 0 saturated heterocycles. The second kappa shape index (κ2) is 10.8. The van der Waals surface area contributed by atoms with Crippen LogP contribution in [0, 0.1) is 5.41 Å². The first-order valence-corrected chi connectivity index (χ1v) is 14.8.